The number of hydrogen-bond acceptors (Lipinski definition) is 5. The van der Waals surface area contributed by atoms with Crippen LogP contribution in [-0.2, 0) is 10.0 Å². The topological polar surface area (TPSA) is 97.0 Å². The molecule has 0 bridgehead atoms. The lowest BCUT2D eigenvalue weighted by molar-refractivity contribution is 0.234. The van der Waals surface area contributed by atoms with Crippen molar-refractivity contribution in [3.05, 3.63) is 30.6 Å². The highest BCUT2D eigenvalue weighted by Crippen LogP contribution is 2.24. The average molecular weight is 282 g/mol. The molecule has 0 atom stereocenters. The van der Waals surface area contributed by atoms with Crippen LogP contribution in [0.2, 0.25) is 0 Å². The number of ether oxygens (including phenoxy) is 1. The Morgan fingerprint density at radius 2 is 2.11 bits per heavy atom. The molecule has 0 saturated heterocycles. The first-order chi connectivity index (χ1) is 8.99. The second kappa shape index (κ2) is 5.27. The molecule has 0 amide bonds. The molecule has 0 aliphatic carbocycles. The van der Waals surface area contributed by atoms with Gasteiger partial charge < -0.3 is 4.74 Å². The van der Waals surface area contributed by atoms with E-state index in [1.165, 1.54) is 18.5 Å². The number of aromatic amines is 1. The lowest BCUT2D eigenvalue weighted by atomic mass is 10.4. The molecule has 8 heteroatoms. The van der Waals surface area contributed by atoms with Crippen LogP contribution in [0.5, 0.6) is 5.88 Å². The van der Waals surface area contributed by atoms with Gasteiger partial charge in [0, 0.05) is 6.20 Å². The van der Waals surface area contributed by atoms with Crippen molar-refractivity contribution in [1.29, 1.82) is 0 Å². The maximum absolute atomic E-state index is 12.0. The summed E-state index contributed by atoms with van der Waals surface area (Å²) in [4.78, 5) is 4.01. The Balaban J connectivity index is 2.29. The summed E-state index contributed by atoms with van der Waals surface area (Å²) in [5, 5.41) is 5.98. The number of nitrogens with zero attached hydrogens (tertiary/aromatic N) is 2. The summed E-state index contributed by atoms with van der Waals surface area (Å²) in [7, 11) is -3.72. The fourth-order valence-electron chi connectivity index (χ4n) is 1.38. The van der Waals surface area contributed by atoms with Gasteiger partial charge in [-0.1, -0.05) is 0 Å². The van der Waals surface area contributed by atoms with Gasteiger partial charge in [-0.3, -0.25) is 9.82 Å². The highest BCUT2D eigenvalue weighted by atomic mass is 32.2. The van der Waals surface area contributed by atoms with Gasteiger partial charge in [-0.2, -0.15) is 13.5 Å². The molecule has 0 aromatic carbocycles. The summed E-state index contributed by atoms with van der Waals surface area (Å²) in [5.74, 6) is 0.237. The number of pyridine rings is 1. The zero-order chi connectivity index (χ0) is 13.9. The van der Waals surface area contributed by atoms with E-state index in [1.807, 2.05) is 13.8 Å². The van der Waals surface area contributed by atoms with Crippen LogP contribution in [-0.4, -0.2) is 29.7 Å². The van der Waals surface area contributed by atoms with Gasteiger partial charge in [-0.25, -0.2) is 4.98 Å². The minimum absolute atomic E-state index is 0.0214. The van der Waals surface area contributed by atoms with E-state index in [0.29, 0.717) is 0 Å². The van der Waals surface area contributed by atoms with Crippen molar-refractivity contribution in [2.75, 3.05) is 4.72 Å². The summed E-state index contributed by atoms with van der Waals surface area (Å²) in [5.41, 5.74) is 0.283. The van der Waals surface area contributed by atoms with Gasteiger partial charge in [-0.15, -0.1) is 0 Å². The number of hydrogen-bond donors (Lipinski definition) is 2. The molecular formula is C11H14N4O3S. The quantitative estimate of drug-likeness (QED) is 0.863. The molecule has 7 nitrogen and oxygen atoms in total. The van der Waals surface area contributed by atoms with Crippen LogP contribution in [0.3, 0.4) is 0 Å². The molecule has 2 rings (SSSR count). The maximum Gasteiger partial charge on any atom is 0.279 e. The first-order valence-corrected chi connectivity index (χ1v) is 7.11. The monoisotopic (exact) mass is 282 g/mol. The molecule has 2 N–H and O–H groups in total. The van der Waals surface area contributed by atoms with Crippen LogP contribution in [0, 0.1) is 0 Å². The Hall–Kier alpha value is -2.09. The second-order valence-electron chi connectivity index (χ2n) is 4.05. The number of anilines is 1. The van der Waals surface area contributed by atoms with E-state index in [9.17, 15) is 8.42 Å². The van der Waals surface area contributed by atoms with Gasteiger partial charge in [0.1, 0.15) is 5.69 Å². The molecule has 0 aliphatic heterocycles. The Morgan fingerprint density at radius 3 is 2.74 bits per heavy atom. The minimum Gasteiger partial charge on any atom is -0.473 e. The number of aromatic nitrogens is 3. The maximum atomic E-state index is 12.0. The van der Waals surface area contributed by atoms with Crippen molar-refractivity contribution in [3.8, 4) is 5.88 Å². The third-order valence-corrected chi connectivity index (χ3v) is 3.42. The Kier molecular flexibility index (Phi) is 3.70. The van der Waals surface area contributed by atoms with Gasteiger partial charge >= 0.3 is 0 Å². The zero-order valence-electron chi connectivity index (χ0n) is 10.5. The van der Waals surface area contributed by atoms with Gasteiger partial charge in [0.25, 0.3) is 10.0 Å². The molecule has 102 valence electrons. The van der Waals surface area contributed by atoms with Crippen LogP contribution in [0.25, 0.3) is 0 Å². The van der Waals surface area contributed by atoms with Crippen molar-refractivity contribution in [2.45, 2.75) is 25.0 Å². The fourth-order valence-corrected chi connectivity index (χ4v) is 2.35. The molecule has 0 spiro atoms. The van der Waals surface area contributed by atoms with Crippen molar-refractivity contribution >= 4 is 15.7 Å². The molecule has 0 fully saturated rings. The predicted molar refractivity (Wildman–Crippen MR) is 69.4 cm³/mol. The van der Waals surface area contributed by atoms with Gasteiger partial charge in [0.2, 0.25) is 5.88 Å². The Bertz CT molecular complexity index is 638. The van der Waals surface area contributed by atoms with E-state index in [4.69, 9.17) is 4.74 Å². The molecule has 0 aliphatic rings. The lowest BCUT2D eigenvalue weighted by Gasteiger charge is -2.13. The number of nitrogens with one attached hydrogen (secondary N) is 2. The average Bonchev–Trinajstić information content (AvgIpc) is 2.85. The summed E-state index contributed by atoms with van der Waals surface area (Å²) in [6.07, 6.45) is 2.79. The van der Waals surface area contributed by atoms with Gasteiger partial charge in [-0.05, 0) is 32.0 Å². The summed E-state index contributed by atoms with van der Waals surface area (Å²) >= 11 is 0. The van der Waals surface area contributed by atoms with Gasteiger partial charge in [0.15, 0.2) is 5.03 Å². The first-order valence-electron chi connectivity index (χ1n) is 5.63. The van der Waals surface area contributed by atoms with E-state index >= 15 is 0 Å². The van der Waals surface area contributed by atoms with E-state index < -0.39 is 10.0 Å². The van der Waals surface area contributed by atoms with Crippen LogP contribution in [0.1, 0.15) is 13.8 Å². The van der Waals surface area contributed by atoms with E-state index in [0.717, 1.165) is 0 Å². The highest BCUT2D eigenvalue weighted by Gasteiger charge is 2.18. The molecule has 19 heavy (non-hydrogen) atoms. The molecule has 0 radical (unpaired) electrons. The fraction of sp³-hybridized carbons (Fsp3) is 0.273. The van der Waals surface area contributed by atoms with Crippen LogP contribution in [0.15, 0.2) is 35.6 Å². The van der Waals surface area contributed by atoms with E-state index in [1.54, 1.807) is 12.1 Å². The second-order valence-corrected chi connectivity index (χ2v) is 5.70. The van der Waals surface area contributed by atoms with Crippen molar-refractivity contribution in [3.63, 3.8) is 0 Å². The molecule has 2 aromatic rings. The zero-order valence-corrected chi connectivity index (χ0v) is 11.3. The van der Waals surface area contributed by atoms with Crippen molar-refractivity contribution in [1.82, 2.24) is 15.2 Å². The largest absolute Gasteiger partial charge is 0.473 e. The number of H-pyrrole nitrogens is 1. The highest BCUT2D eigenvalue weighted by molar-refractivity contribution is 7.92. The molecule has 2 heterocycles. The smallest absolute Gasteiger partial charge is 0.279 e. The lowest BCUT2D eigenvalue weighted by Crippen LogP contribution is -2.16. The Morgan fingerprint density at radius 1 is 1.32 bits per heavy atom. The Labute approximate surface area is 111 Å². The summed E-state index contributed by atoms with van der Waals surface area (Å²) in [6.45, 7) is 3.67. The normalized spacial score (nSPS) is 11.5. The third kappa shape index (κ3) is 3.22. The number of rotatable bonds is 5. The van der Waals surface area contributed by atoms with Gasteiger partial charge in [0.05, 0.1) is 12.3 Å². The van der Waals surface area contributed by atoms with Crippen molar-refractivity contribution in [2.24, 2.45) is 0 Å². The first kappa shape index (κ1) is 13.3. The predicted octanol–water partition coefficient (Wildman–Crippen LogP) is 1.39. The SMILES string of the molecule is CC(C)Oc1ncccc1NS(=O)(=O)c1ccn[nH]1. The van der Waals surface area contributed by atoms with E-state index in [2.05, 4.69) is 19.9 Å². The molecule has 2 aromatic heterocycles. The van der Waals surface area contributed by atoms with Crippen LogP contribution >= 0.6 is 0 Å². The third-order valence-electron chi connectivity index (χ3n) is 2.13. The molecule has 0 saturated carbocycles. The van der Waals surface area contributed by atoms with E-state index in [-0.39, 0.29) is 22.7 Å². The minimum atomic E-state index is -3.72. The van der Waals surface area contributed by atoms with Crippen LogP contribution < -0.4 is 9.46 Å². The molecular weight excluding hydrogens is 268 g/mol. The number of sulfonamides is 1. The standard InChI is InChI=1S/C11H14N4O3S/c1-8(2)18-11-9(4-3-6-12-11)15-19(16,17)10-5-7-13-14-10/h3-8,15H,1-2H3,(H,13,14). The molecule has 0 unspecified atom stereocenters. The van der Waals surface area contributed by atoms with Crippen LogP contribution in [0.4, 0.5) is 5.69 Å². The van der Waals surface area contributed by atoms with Crippen molar-refractivity contribution < 1.29 is 13.2 Å². The summed E-state index contributed by atoms with van der Waals surface area (Å²) < 4.78 is 31.9. The summed E-state index contributed by atoms with van der Waals surface area (Å²) in [6, 6.07) is 4.57.